The first-order valence-corrected chi connectivity index (χ1v) is 11.5. The molecule has 0 heterocycles. The van der Waals surface area contributed by atoms with E-state index in [1.165, 1.54) is 12.1 Å². The van der Waals surface area contributed by atoms with Gasteiger partial charge < -0.3 is 10.1 Å². The van der Waals surface area contributed by atoms with Gasteiger partial charge in [-0.05, 0) is 67.4 Å². The average molecular weight is 459 g/mol. The van der Waals surface area contributed by atoms with Crippen LogP contribution in [-0.2, 0) is 14.8 Å². The third-order valence-corrected chi connectivity index (χ3v) is 6.22. The molecule has 0 bridgehead atoms. The Labute approximate surface area is 187 Å². The molecule has 0 saturated carbocycles. The van der Waals surface area contributed by atoms with Crippen LogP contribution in [-0.4, -0.2) is 20.9 Å². The van der Waals surface area contributed by atoms with Crippen LogP contribution < -0.4 is 14.8 Å². The quantitative estimate of drug-likeness (QED) is 0.512. The number of aryl methyl sites for hydroxylation is 1. The molecule has 0 aliphatic carbocycles. The van der Waals surface area contributed by atoms with Gasteiger partial charge in [0.25, 0.3) is 15.9 Å². The number of para-hydroxylation sites is 1. The SMILES string of the molecule is Cc1cc(S(=O)(=O)Nc2ccccc2)ccc1OCC(=O)N[C@@H](C)c1ccc(Cl)cc1. The first-order valence-electron chi connectivity index (χ1n) is 9.61. The number of carbonyl (C=O) groups excluding carboxylic acids is 1. The third-order valence-electron chi connectivity index (χ3n) is 4.59. The molecular formula is C23H23ClN2O4S. The van der Waals surface area contributed by atoms with Crippen molar-refractivity contribution in [1.29, 1.82) is 0 Å². The van der Waals surface area contributed by atoms with E-state index in [-0.39, 0.29) is 23.5 Å². The number of carbonyl (C=O) groups is 1. The minimum atomic E-state index is -3.73. The molecular weight excluding hydrogens is 436 g/mol. The predicted octanol–water partition coefficient (Wildman–Crippen LogP) is 4.71. The Bertz CT molecular complexity index is 1150. The fourth-order valence-electron chi connectivity index (χ4n) is 2.93. The van der Waals surface area contributed by atoms with Gasteiger partial charge in [-0.25, -0.2) is 8.42 Å². The van der Waals surface area contributed by atoms with Crippen molar-refractivity contribution in [3.05, 3.63) is 88.9 Å². The topological polar surface area (TPSA) is 84.5 Å². The molecule has 0 spiro atoms. The van der Waals surface area contributed by atoms with Crippen molar-refractivity contribution in [2.24, 2.45) is 0 Å². The van der Waals surface area contributed by atoms with Crippen LogP contribution in [0.25, 0.3) is 0 Å². The van der Waals surface area contributed by atoms with Crippen LogP contribution in [0.1, 0.15) is 24.1 Å². The van der Waals surface area contributed by atoms with Gasteiger partial charge in [-0.2, -0.15) is 0 Å². The second kappa shape index (κ2) is 9.85. The normalized spacial score (nSPS) is 12.1. The van der Waals surface area contributed by atoms with Crippen molar-refractivity contribution in [2.45, 2.75) is 24.8 Å². The van der Waals surface area contributed by atoms with E-state index >= 15 is 0 Å². The summed E-state index contributed by atoms with van der Waals surface area (Å²) in [6.45, 7) is 3.41. The Kier molecular flexibility index (Phi) is 7.20. The van der Waals surface area contributed by atoms with Gasteiger partial charge in [0.05, 0.1) is 10.9 Å². The number of halogens is 1. The summed E-state index contributed by atoms with van der Waals surface area (Å²) in [7, 11) is -3.73. The monoisotopic (exact) mass is 458 g/mol. The zero-order chi connectivity index (χ0) is 22.4. The van der Waals surface area contributed by atoms with E-state index in [1.54, 1.807) is 55.5 Å². The van der Waals surface area contributed by atoms with Gasteiger partial charge in [0.1, 0.15) is 5.75 Å². The highest BCUT2D eigenvalue weighted by atomic mass is 35.5. The first-order chi connectivity index (χ1) is 14.7. The van der Waals surface area contributed by atoms with Crippen LogP contribution >= 0.6 is 11.6 Å². The van der Waals surface area contributed by atoms with Crippen LogP contribution in [0.3, 0.4) is 0 Å². The summed E-state index contributed by atoms with van der Waals surface area (Å²) in [4.78, 5) is 12.4. The number of anilines is 1. The van der Waals surface area contributed by atoms with Gasteiger partial charge >= 0.3 is 0 Å². The lowest BCUT2D eigenvalue weighted by Crippen LogP contribution is -2.31. The molecule has 31 heavy (non-hydrogen) atoms. The van der Waals surface area contributed by atoms with Gasteiger partial charge in [0.15, 0.2) is 6.61 Å². The maximum Gasteiger partial charge on any atom is 0.261 e. The largest absolute Gasteiger partial charge is 0.484 e. The molecule has 0 aliphatic heterocycles. The molecule has 0 saturated heterocycles. The first kappa shape index (κ1) is 22.7. The number of amides is 1. The molecule has 0 fully saturated rings. The minimum Gasteiger partial charge on any atom is -0.484 e. The lowest BCUT2D eigenvalue weighted by Gasteiger charge is -2.16. The standard InChI is InChI=1S/C23H23ClN2O4S/c1-16-14-21(31(28,29)26-20-6-4-3-5-7-20)12-13-22(16)30-15-23(27)25-17(2)18-8-10-19(24)11-9-18/h3-14,17,26H,15H2,1-2H3,(H,25,27)/t17-/m0/s1. The zero-order valence-corrected chi connectivity index (χ0v) is 18.7. The number of sulfonamides is 1. The molecule has 2 N–H and O–H groups in total. The number of benzene rings is 3. The average Bonchev–Trinajstić information content (AvgIpc) is 2.73. The van der Waals surface area contributed by atoms with E-state index < -0.39 is 10.0 Å². The van der Waals surface area contributed by atoms with Crippen molar-refractivity contribution in [3.8, 4) is 5.75 Å². The Balaban J connectivity index is 1.60. The molecule has 8 heteroatoms. The van der Waals surface area contributed by atoms with Gasteiger partial charge in [0.2, 0.25) is 0 Å². The summed E-state index contributed by atoms with van der Waals surface area (Å²) in [6.07, 6.45) is 0. The highest BCUT2D eigenvalue weighted by Crippen LogP contribution is 2.24. The van der Waals surface area contributed by atoms with Crippen LogP contribution in [0.4, 0.5) is 5.69 Å². The summed E-state index contributed by atoms with van der Waals surface area (Å²) in [5.41, 5.74) is 2.01. The molecule has 3 aromatic rings. The summed E-state index contributed by atoms with van der Waals surface area (Å²) >= 11 is 5.89. The smallest absolute Gasteiger partial charge is 0.261 e. The number of hydrogen-bond donors (Lipinski definition) is 2. The van der Waals surface area contributed by atoms with Gasteiger partial charge in [0, 0.05) is 10.7 Å². The van der Waals surface area contributed by atoms with Crippen LogP contribution in [0.15, 0.2) is 77.7 Å². The molecule has 3 aromatic carbocycles. The van der Waals surface area contributed by atoms with E-state index in [4.69, 9.17) is 16.3 Å². The minimum absolute atomic E-state index is 0.113. The van der Waals surface area contributed by atoms with Crippen molar-refractivity contribution in [3.63, 3.8) is 0 Å². The maximum atomic E-state index is 12.6. The highest BCUT2D eigenvalue weighted by molar-refractivity contribution is 7.92. The second-order valence-electron chi connectivity index (χ2n) is 7.03. The Morgan fingerprint density at radius 1 is 1.03 bits per heavy atom. The molecule has 0 aromatic heterocycles. The number of ether oxygens (including phenoxy) is 1. The van der Waals surface area contributed by atoms with Gasteiger partial charge in [-0.3, -0.25) is 9.52 Å². The van der Waals surface area contributed by atoms with E-state index in [2.05, 4.69) is 10.0 Å². The molecule has 1 atom stereocenters. The lowest BCUT2D eigenvalue weighted by molar-refractivity contribution is -0.123. The van der Waals surface area contributed by atoms with Crippen molar-refractivity contribution in [2.75, 3.05) is 11.3 Å². The maximum absolute atomic E-state index is 12.6. The molecule has 1 amide bonds. The number of hydrogen-bond acceptors (Lipinski definition) is 4. The van der Waals surface area contributed by atoms with E-state index in [0.29, 0.717) is 22.0 Å². The summed E-state index contributed by atoms with van der Waals surface area (Å²) in [5.74, 6) is 0.150. The van der Waals surface area contributed by atoms with E-state index in [0.717, 1.165) is 5.56 Å². The van der Waals surface area contributed by atoms with Crippen LogP contribution in [0.2, 0.25) is 5.02 Å². The van der Waals surface area contributed by atoms with Gasteiger partial charge in [-0.1, -0.05) is 41.9 Å². The molecule has 0 aliphatic rings. The Hall–Kier alpha value is -3.03. The van der Waals surface area contributed by atoms with Crippen molar-refractivity contribution >= 4 is 33.2 Å². The molecule has 0 unspecified atom stereocenters. The van der Waals surface area contributed by atoms with E-state index in [9.17, 15) is 13.2 Å². The number of rotatable bonds is 8. The molecule has 0 radical (unpaired) electrons. The van der Waals surface area contributed by atoms with Gasteiger partial charge in [-0.15, -0.1) is 0 Å². The van der Waals surface area contributed by atoms with Crippen molar-refractivity contribution < 1.29 is 17.9 Å². The Morgan fingerprint density at radius 3 is 2.35 bits per heavy atom. The predicted molar refractivity (Wildman–Crippen MR) is 122 cm³/mol. The number of nitrogens with one attached hydrogen (secondary N) is 2. The third kappa shape index (κ3) is 6.23. The van der Waals surface area contributed by atoms with Crippen LogP contribution in [0, 0.1) is 6.92 Å². The summed E-state index contributed by atoms with van der Waals surface area (Å²) in [5, 5.41) is 3.49. The molecule has 3 rings (SSSR count). The summed E-state index contributed by atoms with van der Waals surface area (Å²) < 4.78 is 33.3. The second-order valence-corrected chi connectivity index (χ2v) is 9.15. The molecule has 6 nitrogen and oxygen atoms in total. The fraction of sp³-hybridized carbons (Fsp3) is 0.174. The van der Waals surface area contributed by atoms with Crippen molar-refractivity contribution in [1.82, 2.24) is 5.32 Å². The summed E-state index contributed by atoms with van der Waals surface area (Å²) in [6, 6.07) is 20.2. The Morgan fingerprint density at radius 2 is 1.71 bits per heavy atom. The fourth-order valence-corrected chi connectivity index (χ4v) is 4.20. The van der Waals surface area contributed by atoms with Crippen LogP contribution in [0.5, 0.6) is 5.75 Å². The lowest BCUT2D eigenvalue weighted by atomic mass is 10.1. The zero-order valence-electron chi connectivity index (χ0n) is 17.1. The highest BCUT2D eigenvalue weighted by Gasteiger charge is 2.16. The van der Waals surface area contributed by atoms with E-state index in [1.807, 2.05) is 19.1 Å². The molecule has 162 valence electrons.